The summed E-state index contributed by atoms with van der Waals surface area (Å²) in [4.78, 5) is 43.8. The number of benzene rings is 1. The molecule has 0 aromatic heterocycles. The van der Waals surface area contributed by atoms with E-state index in [9.17, 15) is 14.4 Å². The summed E-state index contributed by atoms with van der Waals surface area (Å²) in [5.41, 5.74) is 0.963. The van der Waals surface area contributed by atoms with E-state index in [1.54, 1.807) is 18.8 Å². The largest absolute Gasteiger partial charge is 0.347 e. The van der Waals surface area contributed by atoms with Crippen LogP contribution in [-0.2, 0) is 14.4 Å². The normalized spacial score (nSPS) is 29.6. The summed E-state index contributed by atoms with van der Waals surface area (Å²) < 4.78 is 0. The van der Waals surface area contributed by atoms with Crippen LogP contribution in [0, 0.1) is 17.8 Å². The van der Waals surface area contributed by atoms with Crippen molar-refractivity contribution >= 4 is 41.2 Å². The molecule has 192 valence electrons. The first-order valence-corrected chi connectivity index (χ1v) is 14.9. The molecule has 3 fully saturated rings. The molecular weight excluding hydrogens is 492 g/mol. The molecule has 5 rings (SSSR count). The standard InChI is InChI=1S/C27H34N4O3S2/c1-3-18(28-2)24(32)30-20-11-15-36-22-16-27(12-6-7-13-27)23(31(22)26(20)34)25(33)29-19-10-14-35-21-9-5-4-8-17(19)21/h1,4-5,8-9,18-20,22-23,28H,6-7,10-16H2,2H3,(H,29,33)(H,30,32)/t18-,19+,20-,22?,23+/m0/s1. The average Bonchev–Trinajstić information content (AvgIpc) is 3.44. The number of rotatable bonds is 5. The van der Waals surface area contributed by atoms with E-state index in [-0.39, 0.29) is 34.6 Å². The molecule has 1 unspecified atom stereocenters. The number of carbonyl (C=O) groups excluding carboxylic acids is 3. The molecule has 0 radical (unpaired) electrons. The van der Waals surface area contributed by atoms with Gasteiger partial charge in [0.05, 0.1) is 11.4 Å². The quantitative estimate of drug-likeness (QED) is 0.511. The maximum absolute atomic E-state index is 14.1. The Kier molecular flexibility index (Phi) is 7.57. The number of fused-ring (bicyclic) bond motifs is 2. The predicted octanol–water partition coefficient (Wildman–Crippen LogP) is 2.67. The fraction of sp³-hybridized carbons (Fsp3) is 0.593. The molecule has 1 aromatic carbocycles. The number of carbonyl (C=O) groups is 3. The van der Waals surface area contributed by atoms with Gasteiger partial charge in [-0.15, -0.1) is 29.9 Å². The van der Waals surface area contributed by atoms with Crippen LogP contribution >= 0.6 is 23.5 Å². The third kappa shape index (κ3) is 4.64. The van der Waals surface area contributed by atoms with Gasteiger partial charge in [-0.2, -0.15) is 0 Å². The molecule has 2 saturated heterocycles. The highest BCUT2D eigenvalue weighted by molar-refractivity contribution is 8.00. The second kappa shape index (κ2) is 10.7. The van der Waals surface area contributed by atoms with Crippen LogP contribution < -0.4 is 16.0 Å². The Hall–Kier alpha value is -2.15. The minimum Gasteiger partial charge on any atom is -0.347 e. The number of hydrogen-bond acceptors (Lipinski definition) is 6. The van der Waals surface area contributed by atoms with Crippen molar-refractivity contribution in [1.29, 1.82) is 0 Å². The fourth-order valence-corrected chi connectivity index (χ4v) is 9.04. The summed E-state index contributed by atoms with van der Waals surface area (Å²) in [6, 6.07) is 6.21. The van der Waals surface area contributed by atoms with Crippen molar-refractivity contribution < 1.29 is 14.4 Å². The van der Waals surface area contributed by atoms with E-state index in [4.69, 9.17) is 6.42 Å². The first-order chi connectivity index (χ1) is 17.5. The minimum atomic E-state index is -0.799. The van der Waals surface area contributed by atoms with Gasteiger partial charge in [0.25, 0.3) is 0 Å². The van der Waals surface area contributed by atoms with Crippen LogP contribution in [0.5, 0.6) is 0 Å². The smallest absolute Gasteiger partial charge is 0.250 e. The second-order valence-electron chi connectivity index (χ2n) is 10.2. The number of hydrogen-bond donors (Lipinski definition) is 3. The molecule has 3 aliphatic heterocycles. The number of terminal acetylenes is 1. The van der Waals surface area contributed by atoms with Crippen LogP contribution in [-0.4, -0.2) is 64.7 Å². The van der Waals surface area contributed by atoms with Crippen LogP contribution in [0.2, 0.25) is 0 Å². The van der Waals surface area contributed by atoms with Crippen molar-refractivity contribution in [2.45, 2.75) is 79.4 Å². The van der Waals surface area contributed by atoms with Crippen molar-refractivity contribution in [2.75, 3.05) is 18.6 Å². The molecule has 0 bridgehead atoms. The van der Waals surface area contributed by atoms with Crippen molar-refractivity contribution in [3.05, 3.63) is 29.8 Å². The minimum absolute atomic E-state index is 0.0461. The summed E-state index contributed by atoms with van der Waals surface area (Å²) in [7, 11) is 1.62. The molecule has 9 heteroatoms. The van der Waals surface area contributed by atoms with Gasteiger partial charge in [-0.3, -0.25) is 19.7 Å². The van der Waals surface area contributed by atoms with Gasteiger partial charge in [0, 0.05) is 16.1 Å². The number of nitrogens with one attached hydrogen (secondary N) is 3. The molecule has 1 aliphatic carbocycles. The lowest BCUT2D eigenvalue weighted by atomic mass is 9.78. The predicted molar refractivity (Wildman–Crippen MR) is 143 cm³/mol. The van der Waals surface area contributed by atoms with E-state index < -0.39 is 18.1 Å². The van der Waals surface area contributed by atoms with Gasteiger partial charge in [-0.25, -0.2) is 0 Å². The lowest BCUT2D eigenvalue weighted by Crippen LogP contribution is -2.58. The van der Waals surface area contributed by atoms with Crippen molar-refractivity contribution in [3.63, 3.8) is 0 Å². The highest BCUT2D eigenvalue weighted by Crippen LogP contribution is 2.55. The SMILES string of the molecule is C#C[C@H](NC)C(=O)N[C@H]1CCSC2CC3(CCCC3)[C@@H](C(=O)N[C@@H]3CCSc4ccccc43)N2C1=O. The average molecular weight is 527 g/mol. The number of thioether (sulfide) groups is 2. The Labute approximate surface area is 221 Å². The number of amides is 3. The highest BCUT2D eigenvalue weighted by Gasteiger charge is 2.59. The Morgan fingerprint density at radius 2 is 1.89 bits per heavy atom. The topological polar surface area (TPSA) is 90.5 Å². The number of likely N-dealkylation sites (N-methyl/N-ethyl adjacent to an activating group) is 1. The van der Waals surface area contributed by atoms with Crippen LogP contribution in [0.3, 0.4) is 0 Å². The van der Waals surface area contributed by atoms with E-state index >= 15 is 0 Å². The monoisotopic (exact) mass is 526 g/mol. The molecule has 1 spiro atoms. The molecule has 1 saturated carbocycles. The zero-order valence-corrected chi connectivity index (χ0v) is 22.3. The van der Waals surface area contributed by atoms with Gasteiger partial charge in [0.15, 0.2) is 0 Å². The first kappa shape index (κ1) is 25.5. The van der Waals surface area contributed by atoms with E-state index in [2.05, 4.69) is 34.0 Å². The maximum Gasteiger partial charge on any atom is 0.250 e. The van der Waals surface area contributed by atoms with E-state index in [1.165, 1.54) is 4.90 Å². The molecule has 4 aliphatic rings. The lowest BCUT2D eigenvalue weighted by molar-refractivity contribution is -0.144. The molecule has 36 heavy (non-hydrogen) atoms. The Balaban J connectivity index is 1.41. The summed E-state index contributed by atoms with van der Waals surface area (Å²) in [5.74, 6) is 3.53. The van der Waals surface area contributed by atoms with E-state index in [1.807, 2.05) is 28.8 Å². The van der Waals surface area contributed by atoms with Gasteiger partial charge in [-0.1, -0.05) is 37.0 Å². The summed E-state index contributed by atoms with van der Waals surface area (Å²) in [6.07, 6.45) is 11.8. The molecule has 3 amide bonds. The summed E-state index contributed by atoms with van der Waals surface area (Å²) >= 11 is 3.57. The van der Waals surface area contributed by atoms with Crippen molar-refractivity contribution in [3.8, 4) is 12.3 Å². The zero-order chi connectivity index (χ0) is 25.3. The van der Waals surface area contributed by atoms with Crippen LogP contribution in [0.1, 0.15) is 56.6 Å². The first-order valence-electron chi connectivity index (χ1n) is 12.9. The number of nitrogens with zero attached hydrogens (tertiary/aromatic N) is 1. The molecular formula is C27H34N4O3S2. The molecule has 7 nitrogen and oxygen atoms in total. The zero-order valence-electron chi connectivity index (χ0n) is 20.6. The lowest BCUT2D eigenvalue weighted by Gasteiger charge is -2.37. The Morgan fingerprint density at radius 1 is 1.14 bits per heavy atom. The summed E-state index contributed by atoms with van der Waals surface area (Å²) in [5, 5.41) is 8.98. The van der Waals surface area contributed by atoms with Crippen molar-refractivity contribution in [1.82, 2.24) is 20.9 Å². The molecule has 3 N–H and O–H groups in total. The fourth-order valence-electron chi connectivity index (χ4n) is 6.44. The second-order valence-corrected chi connectivity index (χ2v) is 12.6. The molecule has 1 aromatic rings. The van der Waals surface area contributed by atoms with E-state index in [0.29, 0.717) is 6.42 Å². The third-order valence-electron chi connectivity index (χ3n) is 8.18. The summed E-state index contributed by atoms with van der Waals surface area (Å²) in [6.45, 7) is 0. The van der Waals surface area contributed by atoms with Crippen LogP contribution in [0.4, 0.5) is 0 Å². The van der Waals surface area contributed by atoms with Crippen LogP contribution in [0.15, 0.2) is 29.2 Å². The van der Waals surface area contributed by atoms with Gasteiger partial charge in [0.1, 0.15) is 18.1 Å². The molecule has 3 heterocycles. The van der Waals surface area contributed by atoms with Gasteiger partial charge < -0.3 is 15.5 Å². The van der Waals surface area contributed by atoms with E-state index in [0.717, 1.165) is 55.6 Å². The maximum atomic E-state index is 14.1. The van der Waals surface area contributed by atoms with Crippen molar-refractivity contribution in [2.24, 2.45) is 5.41 Å². The van der Waals surface area contributed by atoms with Crippen LogP contribution in [0.25, 0.3) is 0 Å². The Bertz CT molecular complexity index is 1070. The molecule has 5 atom stereocenters. The Morgan fingerprint density at radius 3 is 2.64 bits per heavy atom. The van der Waals surface area contributed by atoms with Gasteiger partial charge in [-0.05, 0) is 56.5 Å². The highest BCUT2D eigenvalue weighted by atomic mass is 32.2. The van der Waals surface area contributed by atoms with Gasteiger partial charge in [0.2, 0.25) is 17.7 Å². The van der Waals surface area contributed by atoms with Gasteiger partial charge >= 0.3 is 0 Å². The third-order valence-corrected chi connectivity index (χ3v) is 10.5.